The highest BCUT2D eigenvalue weighted by Crippen LogP contribution is 2.40. The summed E-state index contributed by atoms with van der Waals surface area (Å²) < 4.78 is 20.9. The summed E-state index contributed by atoms with van der Waals surface area (Å²) in [5.74, 6) is 1.93. The van der Waals surface area contributed by atoms with E-state index in [0.29, 0.717) is 45.8 Å². The van der Waals surface area contributed by atoms with E-state index < -0.39 is 0 Å². The first-order valence-corrected chi connectivity index (χ1v) is 8.07. The number of carbonyl (C=O) groups is 1. The van der Waals surface area contributed by atoms with Crippen molar-refractivity contribution in [1.82, 2.24) is 10.1 Å². The summed E-state index contributed by atoms with van der Waals surface area (Å²) >= 11 is 0. The Kier molecular flexibility index (Phi) is 5.25. The van der Waals surface area contributed by atoms with Gasteiger partial charge in [-0.3, -0.25) is 4.79 Å². The van der Waals surface area contributed by atoms with E-state index in [9.17, 15) is 4.79 Å². The molecule has 1 amide bonds. The van der Waals surface area contributed by atoms with Gasteiger partial charge in [0.1, 0.15) is 0 Å². The molecule has 1 aromatic heterocycles. The topological polar surface area (TPSA) is 95.7 Å². The van der Waals surface area contributed by atoms with E-state index >= 15 is 0 Å². The van der Waals surface area contributed by atoms with Crippen molar-refractivity contribution in [2.45, 2.75) is 6.92 Å². The number of nitrogens with one attached hydrogen (secondary N) is 1. The first-order valence-electron chi connectivity index (χ1n) is 8.07. The molecule has 0 aliphatic carbocycles. The van der Waals surface area contributed by atoms with Crippen molar-refractivity contribution in [1.29, 1.82) is 0 Å². The molecule has 0 unspecified atom stereocenters. The number of hydrogen-bond donors (Lipinski definition) is 1. The standard InChI is InChI=1S/C19H19N3O5/c1-11-20-18(22-27-11)12-6-5-7-13(8-12)19(23)21-14-9-15(24-2)17(26-4)16(10-14)25-3/h5-10H,1-4H3,(H,21,23). The van der Waals surface area contributed by atoms with Gasteiger partial charge in [0.15, 0.2) is 11.5 Å². The Morgan fingerprint density at radius 3 is 2.30 bits per heavy atom. The number of anilines is 1. The van der Waals surface area contributed by atoms with Crippen molar-refractivity contribution in [3.05, 3.63) is 47.9 Å². The Labute approximate surface area is 156 Å². The largest absolute Gasteiger partial charge is 0.493 e. The average molecular weight is 369 g/mol. The van der Waals surface area contributed by atoms with E-state index in [1.165, 1.54) is 21.3 Å². The van der Waals surface area contributed by atoms with Crippen molar-refractivity contribution in [2.24, 2.45) is 0 Å². The fourth-order valence-electron chi connectivity index (χ4n) is 2.57. The van der Waals surface area contributed by atoms with Gasteiger partial charge < -0.3 is 24.1 Å². The third-order valence-electron chi connectivity index (χ3n) is 3.83. The zero-order chi connectivity index (χ0) is 19.4. The Balaban J connectivity index is 1.87. The lowest BCUT2D eigenvalue weighted by Gasteiger charge is -2.14. The summed E-state index contributed by atoms with van der Waals surface area (Å²) in [6.07, 6.45) is 0. The first kappa shape index (κ1) is 18.2. The van der Waals surface area contributed by atoms with Gasteiger partial charge in [0, 0.05) is 35.9 Å². The lowest BCUT2D eigenvalue weighted by molar-refractivity contribution is 0.102. The van der Waals surface area contributed by atoms with Crippen LogP contribution in [-0.4, -0.2) is 37.4 Å². The summed E-state index contributed by atoms with van der Waals surface area (Å²) in [7, 11) is 4.54. The molecule has 8 heteroatoms. The molecule has 27 heavy (non-hydrogen) atoms. The van der Waals surface area contributed by atoms with Crippen LogP contribution < -0.4 is 19.5 Å². The van der Waals surface area contributed by atoms with Gasteiger partial charge in [-0.1, -0.05) is 17.3 Å². The minimum absolute atomic E-state index is 0.300. The van der Waals surface area contributed by atoms with Crippen LogP contribution in [0, 0.1) is 6.92 Å². The molecule has 0 spiro atoms. The summed E-state index contributed by atoms with van der Waals surface area (Å²) in [4.78, 5) is 16.8. The van der Waals surface area contributed by atoms with Crippen molar-refractivity contribution in [3.8, 4) is 28.6 Å². The summed E-state index contributed by atoms with van der Waals surface area (Å²) in [6, 6.07) is 10.3. The number of carbonyl (C=O) groups excluding carboxylic acids is 1. The highest BCUT2D eigenvalue weighted by atomic mass is 16.5. The highest BCUT2D eigenvalue weighted by molar-refractivity contribution is 6.05. The molecular formula is C19H19N3O5. The van der Waals surface area contributed by atoms with Crippen LogP contribution in [0.1, 0.15) is 16.2 Å². The summed E-state index contributed by atoms with van der Waals surface area (Å²) in [6.45, 7) is 1.71. The van der Waals surface area contributed by atoms with Gasteiger partial charge in [-0.05, 0) is 12.1 Å². The summed E-state index contributed by atoms with van der Waals surface area (Å²) in [5.41, 5.74) is 1.64. The van der Waals surface area contributed by atoms with E-state index in [-0.39, 0.29) is 5.91 Å². The molecule has 1 heterocycles. The zero-order valence-corrected chi connectivity index (χ0v) is 15.4. The minimum atomic E-state index is -0.300. The molecule has 0 atom stereocenters. The van der Waals surface area contributed by atoms with E-state index in [4.69, 9.17) is 18.7 Å². The van der Waals surface area contributed by atoms with E-state index in [1.807, 2.05) is 0 Å². The second kappa shape index (κ2) is 7.77. The number of ether oxygens (including phenoxy) is 3. The number of hydrogen-bond acceptors (Lipinski definition) is 7. The number of amides is 1. The number of benzene rings is 2. The maximum atomic E-state index is 12.7. The smallest absolute Gasteiger partial charge is 0.255 e. The van der Waals surface area contributed by atoms with Gasteiger partial charge in [0.25, 0.3) is 5.91 Å². The lowest BCUT2D eigenvalue weighted by Crippen LogP contribution is -2.12. The van der Waals surface area contributed by atoms with Crippen LogP contribution in [0.15, 0.2) is 40.9 Å². The molecule has 1 N–H and O–H groups in total. The SMILES string of the molecule is COc1cc(NC(=O)c2cccc(-c3noc(C)n3)c2)cc(OC)c1OC. The second-order valence-electron chi connectivity index (χ2n) is 5.59. The maximum absolute atomic E-state index is 12.7. The third kappa shape index (κ3) is 3.84. The van der Waals surface area contributed by atoms with Gasteiger partial charge in [-0.25, -0.2) is 0 Å². The highest BCUT2D eigenvalue weighted by Gasteiger charge is 2.16. The number of rotatable bonds is 6. The van der Waals surface area contributed by atoms with Gasteiger partial charge in [-0.15, -0.1) is 0 Å². The van der Waals surface area contributed by atoms with Gasteiger partial charge in [0.2, 0.25) is 17.5 Å². The molecule has 0 fully saturated rings. The molecular weight excluding hydrogens is 350 g/mol. The van der Waals surface area contributed by atoms with Crippen LogP contribution in [0.25, 0.3) is 11.4 Å². The number of aryl methyl sites for hydroxylation is 1. The predicted molar refractivity (Wildman–Crippen MR) is 98.5 cm³/mol. The van der Waals surface area contributed by atoms with Gasteiger partial charge >= 0.3 is 0 Å². The van der Waals surface area contributed by atoms with Crippen LogP contribution >= 0.6 is 0 Å². The van der Waals surface area contributed by atoms with E-state index in [2.05, 4.69) is 15.5 Å². The Morgan fingerprint density at radius 2 is 1.74 bits per heavy atom. The van der Waals surface area contributed by atoms with Gasteiger partial charge in [-0.2, -0.15) is 4.98 Å². The fraction of sp³-hybridized carbons (Fsp3) is 0.211. The Morgan fingerprint density at radius 1 is 1.04 bits per heavy atom. The molecule has 0 aliphatic rings. The Bertz CT molecular complexity index is 942. The summed E-state index contributed by atoms with van der Waals surface area (Å²) in [5, 5.41) is 6.69. The molecule has 0 saturated heterocycles. The van der Waals surface area contributed by atoms with E-state index in [1.54, 1.807) is 43.3 Å². The molecule has 3 rings (SSSR count). The number of aromatic nitrogens is 2. The first-order chi connectivity index (χ1) is 13.0. The van der Waals surface area contributed by atoms with Crippen LogP contribution in [0.5, 0.6) is 17.2 Å². The van der Waals surface area contributed by atoms with Crippen molar-refractivity contribution >= 4 is 11.6 Å². The normalized spacial score (nSPS) is 10.4. The average Bonchev–Trinajstić information content (AvgIpc) is 3.13. The molecule has 3 aromatic rings. The number of methoxy groups -OCH3 is 3. The molecule has 2 aromatic carbocycles. The number of nitrogens with zero attached hydrogens (tertiary/aromatic N) is 2. The second-order valence-corrected chi connectivity index (χ2v) is 5.59. The van der Waals surface area contributed by atoms with E-state index in [0.717, 1.165) is 0 Å². The van der Waals surface area contributed by atoms with Crippen LogP contribution in [0.2, 0.25) is 0 Å². The molecule has 140 valence electrons. The fourth-order valence-corrected chi connectivity index (χ4v) is 2.57. The van der Waals surface area contributed by atoms with Crippen molar-refractivity contribution < 1.29 is 23.5 Å². The molecule has 8 nitrogen and oxygen atoms in total. The molecule has 0 bridgehead atoms. The molecule has 0 aliphatic heterocycles. The van der Waals surface area contributed by atoms with Crippen LogP contribution in [0.4, 0.5) is 5.69 Å². The minimum Gasteiger partial charge on any atom is -0.493 e. The van der Waals surface area contributed by atoms with Gasteiger partial charge in [0.05, 0.1) is 21.3 Å². The maximum Gasteiger partial charge on any atom is 0.255 e. The van der Waals surface area contributed by atoms with Crippen molar-refractivity contribution in [2.75, 3.05) is 26.6 Å². The predicted octanol–water partition coefficient (Wildman–Crippen LogP) is 3.32. The van der Waals surface area contributed by atoms with Crippen LogP contribution in [-0.2, 0) is 0 Å². The zero-order valence-electron chi connectivity index (χ0n) is 15.4. The van der Waals surface area contributed by atoms with Crippen LogP contribution in [0.3, 0.4) is 0 Å². The quantitative estimate of drug-likeness (QED) is 0.712. The third-order valence-corrected chi connectivity index (χ3v) is 3.83. The lowest BCUT2D eigenvalue weighted by atomic mass is 10.1. The monoisotopic (exact) mass is 369 g/mol. The molecule has 0 saturated carbocycles. The van der Waals surface area contributed by atoms with Crippen molar-refractivity contribution in [3.63, 3.8) is 0 Å². The molecule has 0 radical (unpaired) electrons. The Hall–Kier alpha value is -3.55.